The van der Waals surface area contributed by atoms with Gasteiger partial charge in [0.15, 0.2) is 0 Å². The topological polar surface area (TPSA) is 82.6 Å². The van der Waals surface area contributed by atoms with Crippen molar-refractivity contribution in [2.75, 3.05) is 26.6 Å². The molecule has 2 aromatic carbocycles. The molecule has 1 heterocycles. The van der Waals surface area contributed by atoms with Crippen molar-refractivity contribution in [3.05, 3.63) is 60.4 Å². The summed E-state index contributed by atoms with van der Waals surface area (Å²) in [7, 11) is 4.74. The maximum absolute atomic E-state index is 12.5. The summed E-state index contributed by atoms with van der Waals surface area (Å²) >= 11 is 0. The van der Waals surface area contributed by atoms with Gasteiger partial charge in [0.25, 0.3) is 0 Å². The summed E-state index contributed by atoms with van der Waals surface area (Å²) in [5.41, 5.74) is 2.19. The minimum absolute atomic E-state index is 0.119. The van der Waals surface area contributed by atoms with E-state index in [0.717, 1.165) is 11.1 Å². The van der Waals surface area contributed by atoms with Crippen LogP contribution in [0.15, 0.2) is 54.9 Å². The molecule has 7 heteroatoms. The Kier molecular flexibility index (Phi) is 6.06. The fourth-order valence-corrected chi connectivity index (χ4v) is 2.81. The van der Waals surface area contributed by atoms with Crippen molar-refractivity contribution in [1.29, 1.82) is 0 Å². The van der Waals surface area contributed by atoms with Crippen molar-refractivity contribution in [2.24, 2.45) is 0 Å². The number of hydrogen-bond donors (Lipinski definition) is 1. The first-order valence-electron chi connectivity index (χ1n) is 8.60. The molecule has 1 N–H and O–H groups in total. The van der Waals surface area contributed by atoms with Gasteiger partial charge in [0.05, 0.1) is 33.4 Å². The smallest absolute Gasteiger partial charge is 0.230 e. The summed E-state index contributed by atoms with van der Waals surface area (Å²) in [4.78, 5) is 20.9. The third-order valence-electron chi connectivity index (χ3n) is 4.16. The van der Waals surface area contributed by atoms with E-state index in [1.54, 1.807) is 45.6 Å². The number of rotatable bonds is 7. The molecule has 0 atom stereocenters. The molecule has 0 spiro atoms. The van der Waals surface area contributed by atoms with Gasteiger partial charge in [0.2, 0.25) is 5.91 Å². The van der Waals surface area contributed by atoms with Gasteiger partial charge in [-0.05, 0) is 30.3 Å². The molecule has 0 aliphatic heterocycles. The van der Waals surface area contributed by atoms with E-state index in [1.165, 1.54) is 6.33 Å². The normalized spacial score (nSPS) is 10.2. The van der Waals surface area contributed by atoms with Crippen molar-refractivity contribution < 1.29 is 19.0 Å². The summed E-state index contributed by atoms with van der Waals surface area (Å²) < 4.78 is 15.9. The Morgan fingerprint density at radius 1 is 0.929 bits per heavy atom. The van der Waals surface area contributed by atoms with Gasteiger partial charge in [-0.2, -0.15) is 0 Å². The Morgan fingerprint density at radius 2 is 1.71 bits per heavy atom. The second-order valence-corrected chi connectivity index (χ2v) is 5.89. The van der Waals surface area contributed by atoms with E-state index in [0.29, 0.717) is 28.8 Å². The highest BCUT2D eigenvalue weighted by atomic mass is 16.5. The number of anilines is 1. The molecule has 1 amide bonds. The quantitative estimate of drug-likeness (QED) is 0.678. The SMILES string of the molecule is COc1ccc(OC)c(CC(=O)Nc2cc(-c3ccccc3OC)ncn2)c1. The number of carbonyl (C=O) groups excluding carboxylic acids is 1. The van der Waals surface area contributed by atoms with Crippen LogP contribution < -0.4 is 19.5 Å². The molecule has 3 rings (SSSR count). The highest BCUT2D eigenvalue weighted by Gasteiger charge is 2.13. The number of aromatic nitrogens is 2. The lowest BCUT2D eigenvalue weighted by molar-refractivity contribution is -0.115. The van der Waals surface area contributed by atoms with Gasteiger partial charge in [-0.15, -0.1) is 0 Å². The molecule has 0 bridgehead atoms. The standard InChI is InChI=1S/C21H21N3O4/c1-26-15-8-9-18(27-2)14(10-15)11-21(25)24-20-12-17(22-13-23-20)16-6-4-5-7-19(16)28-3/h4-10,12-13H,11H2,1-3H3,(H,22,23,24,25). The van der Waals surface area contributed by atoms with Gasteiger partial charge in [-0.3, -0.25) is 4.79 Å². The third kappa shape index (κ3) is 4.37. The number of nitrogens with zero attached hydrogens (tertiary/aromatic N) is 2. The molecule has 0 unspecified atom stereocenters. The van der Waals surface area contributed by atoms with Gasteiger partial charge in [-0.1, -0.05) is 12.1 Å². The molecule has 0 radical (unpaired) electrons. The van der Waals surface area contributed by atoms with Crippen LogP contribution in [0.25, 0.3) is 11.3 Å². The first-order chi connectivity index (χ1) is 13.6. The number of hydrogen-bond acceptors (Lipinski definition) is 6. The lowest BCUT2D eigenvalue weighted by atomic mass is 10.1. The van der Waals surface area contributed by atoms with Crippen molar-refractivity contribution in [1.82, 2.24) is 9.97 Å². The third-order valence-corrected chi connectivity index (χ3v) is 4.16. The zero-order valence-electron chi connectivity index (χ0n) is 15.9. The van der Waals surface area contributed by atoms with Crippen LogP contribution in [0.3, 0.4) is 0 Å². The minimum atomic E-state index is -0.226. The molecule has 0 saturated carbocycles. The van der Waals surface area contributed by atoms with E-state index >= 15 is 0 Å². The number of ether oxygens (including phenoxy) is 3. The zero-order chi connectivity index (χ0) is 19.9. The summed E-state index contributed by atoms with van der Waals surface area (Å²) in [6.07, 6.45) is 1.53. The molecule has 0 fully saturated rings. The molecule has 0 saturated heterocycles. The number of methoxy groups -OCH3 is 3. The molecular weight excluding hydrogens is 358 g/mol. The fourth-order valence-electron chi connectivity index (χ4n) is 2.81. The molecule has 0 aliphatic carbocycles. The predicted octanol–water partition coefficient (Wildman–Crippen LogP) is 3.35. The van der Waals surface area contributed by atoms with Gasteiger partial charge in [-0.25, -0.2) is 9.97 Å². The van der Waals surface area contributed by atoms with E-state index in [9.17, 15) is 4.79 Å². The first kappa shape index (κ1) is 19.2. The van der Waals surface area contributed by atoms with Gasteiger partial charge in [0.1, 0.15) is 29.4 Å². The van der Waals surface area contributed by atoms with Crippen LogP contribution in [0.4, 0.5) is 5.82 Å². The van der Waals surface area contributed by atoms with Crippen LogP contribution in [0.1, 0.15) is 5.56 Å². The van der Waals surface area contributed by atoms with Gasteiger partial charge < -0.3 is 19.5 Å². The summed E-state index contributed by atoms with van der Waals surface area (Å²) in [5.74, 6) is 2.15. The van der Waals surface area contributed by atoms with Crippen LogP contribution in [0, 0.1) is 0 Å². The molecule has 144 valence electrons. The Balaban J connectivity index is 1.78. The highest BCUT2D eigenvalue weighted by Crippen LogP contribution is 2.29. The highest BCUT2D eigenvalue weighted by molar-refractivity contribution is 5.92. The molecule has 3 aromatic rings. The number of carbonyl (C=O) groups is 1. The monoisotopic (exact) mass is 379 g/mol. The molecule has 28 heavy (non-hydrogen) atoms. The average Bonchev–Trinajstić information content (AvgIpc) is 2.73. The van der Waals surface area contributed by atoms with E-state index in [4.69, 9.17) is 14.2 Å². The second-order valence-electron chi connectivity index (χ2n) is 5.89. The van der Waals surface area contributed by atoms with Gasteiger partial charge in [0, 0.05) is 17.2 Å². The summed E-state index contributed by atoms with van der Waals surface area (Å²) in [6, 6.07) is 14.6. The summed E-state index contributed by atoms with van der Waals surface area (Å²) in [5, 5.41) is 2.80. The van der Waals surface area contributed by atoms with Crippen molar-refractivity contribution in [3.63, 3.8) is 0 Å². The molecule has 0 aliphatic rings. The maximum atomic E-state index is 12.5. The Bertz CT molecular complexity index is 975. The van der Waals surface area contributed by atoms with Crippen LogP contribution in [-0.4, -0.2) is 37.2 Å². The number of amides is 1. The van der Waals surface area contributed by atoms with Crippen LogP contribution in [0.5, 0.6) is 17.2 Å². The summed E-state index contributed by atoms with van der Waals surface area (Å²) in [6.45, 7) is 0. The number of para-hydroxylation sites is 1. The minimum Gasteiger partial charge on any atom is -0.497 e. The second kappa shape index (κ2) is 8.85. The first-order valence-corrected chi connectivity index (χ1v) is 8.60. The van der Waals surface area contributed by atoms with E-state index in [1.807, 2.05) is 24.3 Å². The fraction of sp³-hybridized carbons (Fsp3) is 0.190. The predicted molar refractivity (Wildman–Crippen MR) is 106 cm³/mol. The van der Waals surface area contributed by atoms with E-state index in [2.05, 4.69) is 15.3 Å². The van der Waals surface area contributed by atoms with E-state index in [-0.39, 0.29) is 12.3 Å². The van der Waals surface area contributed by atoms with E-state index < -0.39 is 0 Å². The van der Waals surface area contributed by atoms with Crippen molar-refractivity contribution >= 4 is 11.7 Å². The lowest BCUT2D eigenvalue weighted by Gasteiger charge is -2.11. The van der Waals surface area contributed by atoms with Gasteiger partial charge >= 0.3 is 0 Å². The molecular formula is C21H21N3O4. The lowest BCUT2D eigenvalue weighted by Crippen LogP contribution is -2.16. The largest absolute Gasteiger partial charge is 0.497 e. The Labute approximate surface area is 163 Å². The number of benzene rings is 2. The van der Waals surface area contributed by atoms with Crippen molar-refractivity contribution in [2.45, 2.75) is 6.42 Å². The Morgan fingerprint density at radius 3 is 2.46 bits per heavy atom. The van der Waals surface area contributed by atoms with Crippen LogP contribution >= 0.6 is 0 Å². The average molecular weight is 379 g/mol. The van der Waals surface area contributed by atoms with Crippen LogP contribution in [-0.2, 0) is 11.2 Å². The number of nitrogens with one attached hydrogen (secondary N) is 1. The molecule has 7 nitrogen and oxygen atoms in total. The van der Waals surface area contributed by atoms with Crippen molar-refractivity contribution in [3.8, 4) is 28.5 Å². The zero-order valence-corrected chi connectivity index (χ0v) is 15.9. The van der Waals surface area contributed by atoms with Crippen LogP contribution in [0.2, 0.25) is 0 Å². The Hall–Kier alpha value is -3.61. The maximum Gasteiger partial charge on any atom is 0.230 e. The molecule has 1 aromatic heterocycles.